The average molecular weight is 316 g/mol. The largest absolute Gasteiger partial charge is 0.314 e. The number of aromatic nitrogens is 3. The Labute approximate surface area is 126 Å². The first kappa shape index (κ1) is 16.3. The molecule has 0 spiro atoms. The molecule has 0 atom stereocenters. The van der Waals surface area contributed by atoms with Crippen molar-refractivity contribution in [2.45, 2.75) is 38.3 Å². The van der Waals surface area contributed by atoms with Gasteiger partial charge in [-0.3, -0.25) is 4.68 Å². The Morgan fingerprint density at radius 3 is 2.81 bits per heavy atom. The van der Waals surface area contributed by atoms with Crippen molar-refractivity contribution in [3.05, 3.63) is 12.4 Å². The summed E-state index contributed by atoms with van der Waals surface area (Å²) in [5.41, 5.74) is 0. The molecule has 1 saturated carbocycles. The molecule has 0 aliphatic heterocycles. The lowest BCUT2D eigenvalue weighted by Gasteiger charge is -2.17. The summed E-state index contributed by atoms with van der Waals surface area (Å²) >= 11 is 0. The third kappa shape index (κ3) is 6.08. The molecule has 0 unspecified atom stereocenters. The number of hydrogen-bond acceptors (Lipinski definition) is 5. The molecule has 8 nitrogen and oxygen atoms in total. The fourth-order valence-electron chi connectivity index (χ4n) is 1.92. The van der Waals surface area contributed by atoms with Gasteiger partial charge in [0.05, 0.1) is 6.20 Å². The summed E-state index contributed by atoms with van der Waals surface area (Å²) in [5.74, 6) is 0. The molecule has 1 aliphatic carbocycles. The summed E-state index contributed by atoms with van der Waals surface area (Å²) < 4.78 is 29.6. The smallest absolute Gasteiger partial charge is 0.279 e. The van der Waals surface area contributed by atoms with E-state index in [2.05, 4.69) is 20.4 Å². The van der Waals surface area contributed by atoms with Crippen molar-refractivity contribution in [2.75, 3.05) is 26.7 Å². The summed E-state index contributed by atoms with van der Waals surface area (Å²) in [6, 6.07) is 0.668. The van der Waals surface area contributed by atoms with Crippen molar-refractivity contribution in [3.63, 3.8) is 0 Å². The van der Waals surface area contributed by atoms with E-state index in [4.69, 9.17) is 0 Å². The van der Waals surface area contributed by atoms with Crippen LogP contribution in [-0.4, -0.2) is 60.4 Å². The van der Waals surface area contributed by atoms with Crippen LogP contribution in [0.2, 0.25) is 0 Å². The second-order valence-corrected chi connectivity index (χ2v) is 7.18. The number of aryl methyl sites for hydroxylation is 1. The molecule has 0 amide bonds. The molecular formula is C12H24N6O2S. The van der Waals surface area contributed by atoms with Crippen LogP contribution < -0.4 is 10.0 Å². The van der Waals surface area contributed by atoms with Crippen molar-refractivity contribution < 1.29 is 8.42 Å². The van der Waals surface area contributed by atoms with Crippen LogP contribution in [-0.2, 0) is 16.8 Å². The number of hydrogen-bond donors (Lipinski definition) is 2. The molecule has 1 heterocycles. The van der Waals surface area contributed by atoms with Gasteiger partial charge < -0.3 is 5.32 Å². The lowest BCUT2D eigenvalue weighted by atomic mass is 10.4. The molecule has 0 radical (unpaired) electrons. The quantitative estimate of drug-likeness (QED) is 0.541. The molecule has 0 aromatic carbocycles. The minimum Gasteiger partial charge on any atom is -0.314 e. The van der Waals surface area contributed by atoms with Crippen molar-refractivity contribution in [2.24, 2.45) is 0 Å². The van der Waals surface area contributed by atoms with E-state index >= 15 is 0 Å². The fourth-order valence-corrected chi connectivity index (χ4v) is 2.91. The summed E-state index contributed by atoms with van der Waals surface area (Å²) in [6.45, 7) is 2.44. The first-order chi connectivity index (χ1) is 10.1. The van der Waals surface area contributed by atoms with Crippen molar-refractivity contribution in [1.29, 1.82) is 0 Å². The lowest BCUT2D eigenvalue weighted by molar-refractivity contribution is 0.441. The Morgan fingerprint density at radius 1 is 1.33 bits per heavy atom. The standard InChI is InChI=1S/C12H24N6O2S/c1-17(9-2-6-13-12-4-5-12)21(19,20)15-7-3-10-18-11-8-14-16-18/h8,11-13,15H,2-7,9-10H2,1H3. The summed E-state index contributed by atoms with van der Waals surface area (Å²) in [6.07, 6.45) is 7.37. The minimum absolute atomic E-state index is 0.396. The maximum atomic E-state index is 12.0. The highest BCUT2D eigenvalue weighted by Gasteiger charge is 2.20. The Hall–Kier alpha value is -1.03. The SMILES string of the molecule is CN(CCCNC1CC1)S(=O)(=O)NCCCn1ccnn1. The lowest BCUT2D eigenvalue weighted by Crippen LogP contribution is -2.40. The van der Waals surface area contributed by atoms with E-state index in [0.717, 1.165) is 13.0 Å². The molecule has 2 rings (SSSR count). The van der Waals surface area contributed by atoms with E-state index < -0.39 is 10.2 Å². The Morgan fingerprint density at radius 2 is 2.14 bits per heavy atom. The predicted octanol–water partition coefficient (Wildman–Crippen LogP) is -0.423. The maximum Gasteiger partial charge on any atom is 0.279 e. The van der Waals surface area contributed by atoms with Crippen LogP contribution >= 0.6 is 0 Å². The fraction of sp³-hybridized carbons (Fsp3) is 0.833. The van der Waals surface area contributed by atoms with Gasteiger partial charge in [-0.2, -0.15) is 12.7 Å². The van der Waals surface area contributed by atoms with Gasteiger partial charge in [0, 0.05) is 38.9 Å². The second-order valence-electron chi connectivity index (χ2n) is 5.32. The molecule has 0 bridgehead atoms. The van der Waals surface area contributed by atoms with Crippen LogP contribution in [0.3, 0.4) is 0 Å². The van der Waals surface area contributed by atoms with Crippen LogP contribution in [0, 0.1) is 0 Å². The van der Waals surface area contributed by atoms with E-state index in [9.17, 15) is 8.42 Å². The van der Waals surface area contributed by atoms with E-state index in [0.29, 0.717) is 32.1 Å². The third-order valence-electron chi connectivity index (χ3n) is 3.39. The maximum absolute atomic E-state index is 12.0. The van der Waals surface area contributed by atoms with Gasteiger partial charge >= 0.3 is 0 Å². The molecule has 1 aromatic rings. The molecule has 1 fully saturated rings. The van der Waals surface area contributed by atoms with Gasteiger partial charge in [0.2, 0.25) is 0 Å². The zero-order chi connectivity index (χ0) is 15.1. The van der Waals surface area contributed by atoms with Crippen molar-refractivity contribution >= 4 is 10.2 Å². The molecular weight excluding hydrogens is 292 g/mol. The van der Waals surface area contributed by atoms with Gasteiger partial charge in [-0.05, 0) is 32.2 Å². The van der Waals surface area contributed by atoms with Crippen molar-refractivity contribution in [3.8, 4) is 0 Å². The molecule has 0 saturated heterocycles. The monoisotopic (exact) mass is 316 g/mol. The molecule has 9 heteroatoms. The normalized spacial score (nSPS) is 15.7. The Kier molecular flexibility index (Phi) is 6.09. The average Bonchev–Trinajstić information content (AvgIpc) is 3.13. The van der Waals surface area contributed by atoms with E-state index in [-0.39, 0.29) is 0 Å². The van der Waals surface area contributed by atoms with Crippen molar-refractivity contribution in [1.82, 2.24) is 29.3 Å². The number of nitrogens with one attached hydrogen (secondary N) is 2. The first-order valence-corrected chi connectivity index (χ1v) is 8.80. The predicted molar refractivity (Wildman–Crippen MR) is 79.8 cm³/mol. The molecule has 120 valence electrons. The number of nitrogens with zero attached hydrogens (tertiary/aromatic N) is 4. The van der Waals surface area contributed by atoms with Crippen LogP contribution in [0.15, 0.2) is 12.4 Å². The second kappa shape index (κ2) is 7.83. The Balaban J connectivity index is 1.57. The van der Waals surface area contributed by atoms with Crippen LogP contribution in [0.5, 0.6) is 0 Å². The van der Waals surface area contributed by atoms with Crippen LogP contribution in [0.25, 0.3) is 0 Å². The summed E-state index contributed by atoms with van der Waals surface area (Å²) in [5, 5.41) is 10.9. The van der Waals surface area contributed by atoms with Gasteiger partial charge in [0.15, 0.2) is 0 Å². The molecule has 2 N–H and O–H groups in total. The van der Waals surface area contributed by atoms with Crippen LogP contribution in [0.1, 0.15) is 25.7 Å². The molecule has 1 aromatic heterocycles. The highest BCUT2D eigenvalue weighted by atomic mass is 32.2. The van der Waals surface area contributed by atoms with E-state index in [1.807, 2.05) is 0 Å². The summed E-state index contributed by atoms with van der Waals surface area (Å²) in [7, 11) is -1.77. The summed E-state index contributed by atoms with van der Waals surface area (Å²) in [4.78, 5) is 0. The van der Waals surface area contributed by atoms with Gasteiger partial charge in [-0.15, -0.1) is 5.10 Å². The third-order valence-corrected chi connectivity index (χ3v) is 4.96. The zero-order valence-electron chi connectivity index (χ0n) is 12.4. The van der Waals surface area contributed by atoms with Gasteiger partial charge in [0.1, 0.15) is 0 Å². The van der Waals surface area contributed by atoms with Crippen LogP contribution in [0.4, 0.5) is 0 Å². The molecule has 1 aliphatic rings. The molecule has 21 heavy (non-hydrogen) atoms. The minimum atomic E-state index is -3.38. The zero-order valence-corrected chi connectivity index (χ0v) is 13.2. The van der Waals surface area contributed by atoms with E-state index in [1.165, 1.54) is 17.1 Å². The first-order valence-electron chi connectivity index (χ1n) is 7.36. The van der Waals surface area contributed by atoms with Gasteiger partial charge in [0.25, 0.3) is 10.2 Å². The highest BCUT2D eigenvalue weighted by Crippen LogP contribution is 2.18. The topological polar surface area (TPSA) is 92.2 Å². The van der Waals surface area contributed by atoms with Gasteiger partial charge in [-0.1, -0.05) is 5.21 Å². The number of rotatable bonds is 11. The van der Waals surface area contributed by atoms with Gasteiger partial charge in [-0.25, -0.2) is 4.72 Å². The van der Waals surface area contributed by atoms with E-state index in [1.54, 1.807) is 24.1 Å². The Bertz CT molecular complexity index is 500. The highest BCUT2D eigenvalue weighted by molar-refractivity contribution is 7.87.